The number of benzene rings is 1. The molecule has 0 bridgehead atoms. The zero-order valence-electron chi connectivity index (χ0n) is 24.3. The van der Waals surface area contributed by atoms with E-state index in [0.29, 0.717) is 36.2 Å². The number of imide groups is 1. The van der Waals surface area contributed by atoms with Crippen LogP contribution in [-0.2, 0) is 21.4 Å². The summed E-state index contributed by atoms with van der Waals surface area (Å²) in [5.41, 5.74) is 2.61. The van der Waals surface area contributed by atoms with Crippen molar-refractivity contribution in [2.45, 2.75) is 45.0 Å². The van der Waals surface area contributed by atoms with Crippen molar-refractivity contribution < 1.29 is 27.6 Å². The van der Waals surface area contributed by atoms with Gasteiger partial charge >= 0.3 is 6.43 Å². The number of hydrogen-bond donors (Lipinski definition) is 1. The van der Waals surface area contributed by atoms with Crippen molar-refractivity contribution in [3.63, 3.8) is 0 Å². The molecule has 5 rings (SSSR count). The maximum Gasteiger partial charge on any atom is 0.314 e. The Morgan fingerprint density at radius 2 is 1.79 bits per heavy atom. The summed E-state index contributed by atoms with van der Waals surface area (Å²) in [6.45, 7) is 9.09. The van der Waals surface area contributed by atoms with Crippen LogP contribution in [0.4, 0.5) is 14.5 Å². The SMILES string of the molecule is CC(C)(Cc1ccc(-c2nnc(C(F)F)o2)cn1)c1cc(N2CCN(CC(=O)N3CCCC3)CC2)ccc1C(=O)NC=O. The van der Waals surface area contributed by atoms with Gasteiger partial charge in [-0.2, -0.15) is 8.78 Å². The van der Waals surface area contributed by atoms with E-state index in [2.05, 4.69) is 30.3 Å². The molecular weight excluding hydrogens is 560 g/mol. The van der Waals surface area contributed by atoms with Gasteiger partial charge in [-0.25, -0.2) is 0 Å². The molecule has 2 aromatic heterocycles. The van der Waals surface area contributed by atoms with Crippen LogP contribution in [-0.4, -0.2) is 89.0 Å². The molecule has 3 aromatic rings. The summed E-state index contributed by atoms with van der Waals surface area (Å²) in [7, 11) is 0. The summed E-state index contributed by atoms with van der Waals surface area (Å²) in [6.07, 6.45) is 1.58. The number of carbonyl (C=O) groups is 3. The third-order valence-corrected chi connectivity index (χ3v) is 8.04. The molecule has 2 aliphatic rings. The molecule has 0 spiro atoms. The molecule has 13 heteroatoms. The number of nitrogens with one attached hydrogen (secondary N) is 1. The van der Waals surface area contributed by atoms with E-state index in [1.807, 2.05) is 30.9 Å². The highest BCUT2D eigenvalue weighted by Gasteiger charge is 2.30. The van der Waals surface area contributed by atoms with Gasteiger partial charge in [0.2, 0.25) is 18.2 Å². The van der Waals surface area contributed by atoms with Gasteiger partial charge in [-0.3, -0.25) is 29.6 Å². The van der Waals surface area contributed by atoms with E-state index in [1.165, 1.54) is 6.20 Å². The van der Waals surface area contributed by atoms with Crippen LogP contribution in [0, 0.1) is 0 Å². The third kappa shape index (κ3) is 7.04. The number of pyridine rings is 1. The number of likely N-dealkylation sites (tertiary alicyclic amines) is 1. The first kappa shape index (κ1) is 30.2. The molecule has 1 aromatic carbocycles. The molecular formula is C30H35F2N7O4. The van der Waals surface area contributed by atoms with Crippen LogP contribution < -0.4 is 10.2 Å². The number of rotatable bonds is 10. The second kappa shape index (κ2) is 12.9. The number of halogens is 2. The normalized spacial score (nSPS) is 16.1. The van der Waals surface area contributed by atoms with Crippen molar-refractivity contribution in [2.75, 3.05) is 50.7 Å². The Bertz CT molecular complexity index is 1450. The Kier molecular flexibility index (Phi) is 9.09. The highest BCUT2D eigenvalue weighted by atomic mass is 19.3. The maximum atomic E-state index is 12.9. The number of aromatic nitrogens is 3. The average molecular weight is 596 g/mol. The molecule has 2 saturated heterocycles. The predicted octanol–water partition coefficient (Wildman–Crippen LogP) is 3.22. The topological polar surface area (TPSA) is 125 Å². The van der Waals surface area contributed by atoms with Crippen LogP contribution in [0.1, 0.15) is 60.6 Å². The summed E-state index contributed by atoms with van der Waals surface area (Å²) in [6, 6.07) is 9.03. The number of piperazine rings is 1. The quantitative estimate of drug-likeness (QED) is 0.352. The fourth-order valence-electron chi connectivity index (χ4n) is 5.68. The number of anilines is 1. The molecule has 43 heavy (non-hydrogen) atoms. The summed E-state index contributed by atoms with van der Waals surface area (Å²) < 4.78 is 30.7. The molecule has 0 atom stereocenters. The highest BCUT2D eigenvalue weighted by molar-refractivity contribution is 6.01. The van der Waals surface area contributed by atoms with Crippen molar-refractivity contribution in [1.82, 2.24) is 30.3 Å². The molecule has 2 fully saturated rings. The average Bonchev–Trinajstić information content (AvgIpc) is 3.71. The van der Waals surface area contributed by atoms with Crippen molar-refractivity contribution in [1.29, 1.82) is 0 Å². The summed E-state index contributed by atoms with van der Waals surface area (Å²) in [4.78, 5) is 47.4. The lowest BCUT2D eigenvalue weighted by molar-refractivity contribution is -0.131. The van der Waals surface area contributed by atoms with Gasteiger partial charge in [0.25, 0.3) is 11.8 Å². The van der Waals surface area contributed by atoms with E-state index in [4.69, 9.17) is 4.42 Å². The monoisotopic (exact) mass is 595 g/mol. The van der Waals surface area contributed by atoms with Crippen molar-refractivity contribution >= 4 is 23.9 Å². The minimum absolute atomic E-state index is 0.0466. The lowest BCUT2D eigenvalue weighted by Crippen LogP contribution is -2.50. The highest BCUT2D eigenvalue weighted by Crippen LogP contribution is 2.34. The van der Waals surface area contributed by atoms with Gasteiger partial charge in [0.1, 0.15) is 0 Å². The fraction of sp³-hybridized carbons (Fsp3) is 0.467. The molecule has 0 radical (unpaired) electrons. The van der Waals surface area contributed by atoms with Crippen LogP contribution >= 0.6 is 0 Å². The van der Waals surface area contributed by atoms with E-state index in [0.717, 1.165) is 63.4 Å². The van der Waals surface area contributed by atoms with E-state index < -0.39 is 23.6 Å². The lowest BCUT2D eigenvalue weighted by atomic mass is 9.77. The predicted molar refractivity (Wildman–Crippen MR) is 154 cm³/mol. The van der Waals surface area contributed by atoms with E-state index in [9.17, 15) is 23.2 Å². The zero-order valence-corrected chi connectivity index (χ0v) is 24.3. The van der Waals surface area contributed by atoms with Crippen LogP contribution in [0.25, 0.3) is 11.5 Å². The minimum atomic E-state index is -2.86. The van der Waals surface area contributed by atoms with Crippen LogP contribution in [0.3, 0.4) is 0 Å². The van der Waals surface area contributed by atoms with Gasteiger partial charge in [0, 0.05) is 62.4 Å². The van der Waals surface area contributed by atoms with E-state index in [1.54, 1.807) is 18.2 Å². The molecule has 4 heterocycles. The molecule has 1 N–H and O–H groups in total. The van der Waals surface area contributed by atoms with Crippen LogP contribution in [0.2, 0.25) is 0 Å². The van der Waals surface area contributed by atoms with Gasteiger partial charge in [-0.05, 0) is 60.6 Å². The molecule has 2 aliphatic heterocycles. The molecule has 11 nitrogen and oxygen atoms in total. The van der Waals surface area contributed by atoms with Gasteiger partial charge in [0.15, 0.2) is 0 Å². The molecule has 3 amide bonds. The molecule has 0 aliphatic carbocycles. The van der Waals surface area contributed by atoms with E-state index >= 15 is 0 Å². The first-order chi connectivity index (χ1) is 20.6. The van der Waals surface area contributed by atoms with Gasteiger partial charge in [-0.1, -0.05) is 13.8 Å². The molecule has 0 saturated carbocycles. The summed E-state index contributed by atoms with van der Waals surface area (Å²) in [5, 5.41) is 9.27. The fourth-order valence-corrected chi connectivity index (χ4v) is 5.68. The van der Waals surface area contributed by atoms with E-state index in [-0.39, 0.29) is 11.8 Å². The Labute approximate surface area is 248 Å². The number of alkyl halides is 2. The number of hydrogen-bond acceptors (Lipinski definition) is 9. The second-order valence-corrected chi connectivity index (χ2v) is 11.5. The lowest BCUT2D eigenvalue weighted by Gasteiger charge is -2.37. The minimum Gasteiger partial charge on any atom is -0.415 e. The van der Waals surface area contributed by atoms with Crippen molar-refractivity contribution in [2.24, 2.45) is 0 Å². The third-order valence-electron chi connectivity index (χ3n) is 8.04. The maximum absolute atomic E-state index is 12.9. The number of nitrogens with zero attached hydrogens (tertiary/aromatic N) is 6. The number of carbonyl (C=O) groups excluding carboxylic acids is 3. The van der Waals surface area contributed by atoms with Gasteiger partial charge in [0.05, 0.1) is 12.1 Å². The first-order valence-corrected chi connectivity index (χ1v) is 14.4. The van der Waals surface area contributed by atoms with Crippen LogP contribution in [0.15, 0.2) is 40.9 Å². The summed E-state index contributed by atoms with van der Waals surface area (Å²) >= 11 is 0. The van der Waals surface area contributed by atoms with Crippen LogP contribution in [0.5, 0.6) is 0 Å². The Balaban J connectivity index is 1.31. The van der Waals surface area contributed by atoms with Crippen molar-refractivity contribution in [3.8, 4) is 11.5 Å². The zero-order chi connectivity index (χ0) is 30.6. The smallest absolute Gasteiger partial charge is 0.314 e. The molecule has 0 unspecified atom stereocenters. The Hall–Kier alpha value is -4.26. The van der Waals surface area contributed by atoms with Crippen molar-refractivity contribution in [3.05, 3.63) is 59.2 Å². The Morgan fingerprint density at radius 1 is 1.05 bits per heavy atom. The number of amides is 3. The van der Waals surface area contributed by atoms with Gasteiger partial charge in [-0.15, -0.1) is 10.2 Å². The molecule has 228 valence electrons. The largest absolute Gasteiger partial charge is 0.415 e. The second-order valence-electron chi connectivity index (χ2n) is 11.5. The van der Waals surface area contributed by atoms with Gasteiger partial charge < -0.3 is 14.2 Å². The standard InChI is InChI=1S/C30H35F2N7O4/c1-30(2,16-21-6-5-20(17-33-21)28-35-36-29(43-28)26(31)32)24-15-22(7-8-23(24)27(42)34-19-40)38-13-11-37(12-14-38)18-25(41)39-9-3-4-10-39/h5-8,15,17,19,26H,3-4,9-14,16,18H2,1-2H3,(H,34,40,42). The Morgan fingerprint density at radius 3 is 2.42 bits per heavy atom. The first-order valence-electron chi connectivity index (χ1n) is 14.4. The summed E-state index contributed by atoms with van der Waals surface area (Å²) in [5.74, 6) is -1.10.